The smallest absolute Gasteiger partial charge is 0.237 e. The zero-order valence-electron chi connectivity index (χ0n) is 12.5. The van der Waals surface area contributed by atoms with Gasteiger partial charge in [0.15, 0.2) is 0 Å². The maximum Gasteiger partial charge on any atom is 0.237 e. The first-order chi connectivity index (χ1) is 10.5. The summed E-state index contributed by atoms with van der Waals surface area (Å²) in [5, 5.41) is 6.18. The number of hydrogen-bond donors (Lipinski definition) is 1. The van der Waals surface area contributed by atoms with Gasteiger partial charge in [0.05, 0.1) is 12.6 Å². The van der Waals surface area contributed by atoms with Gasteiger partial charge in [-0.15, -0.1) is 11.3 Å². The average Bonchev–Trinajstić information content (AvgIpc) is 3.00. The van der Waals surface area contributed by atoms with Gasteiger partial charge in [0.25, 0.3) is 0 Å². The Balaban J connectivity index is 1.90. The van der Waals surface area contributed by atoms with Gasteiger partial charge in [0.1, 0.15) is 0 Å². The maximum absolute atomic E-state index is 12.2. The normalized spacial score (nSPS) is 12.4. The van der Waals surface area contributed by atoms with Crippen molar-refractivity contribution < 1.29 is 4.79 Å². The van der Waals surface area contributed by atoms with Crippen molar-refractivity contribution in [3.63, 3.8) is 0 Å². The Hall–Kier alpha value is -1.07. The Labute approximate surface area is 144 Å². The van der Waals surface area contributed by atoms with Crippen molar-refractivity contribution in [2.24, 2.45) is 0 Å². The van der Waals surface area contributed by atoms with Crippen LogP contribution in [0.1, 0.15) is 17.4 Å². The third kappa shape index (κ3) is 4.71. The molecular formula is C16H18Cl2N2OS. The number of rotatable bonds is 6. The van der Waals surface area contributed by atoms with E-state index in [1.165, 1.54) is 0 Å². The third-order valence-corrected chi connectivity index (χ3v) is 4.96. The highest BCUT2D eigenvalue weighted by atomic mass is 35.5. The monoisotopic (exact) mass is 356 g/mol. The molecule has 0 aliphatic carbocycles. The van der Waals surface area contributed by atoms with Gasteiger partial charge in [0, 0.05) is 21.5 Å². The van der Waals surface area contributed by atoms with Crippen LogP contribution in [0.4, 0.5) is 0 Å². The number of amides is 1. The van der Waals surface area contributed by atoms with Gasteiger partial charge in [-0.1, -0.05) is 35.3 Å². The average molecular weight is 357 g/mol. The fourth-order valence-electron chi connectivity index (χ4n) is 1.99. The molecule has 22 heavy (non-hydrogen) atoms. The molecule has 1 aromatic carbocycles. The molecule has 0 spiro atoms. The van der Waals surface area contributed by atoms with E-state index in [1.54, 1.807) is 23.5 Å². The summed E-state index contributed by atoms with van der Waals surface area (Å²) in [6.45, 7) is 3.04. The van der Waals surface area contributed by atoms with Crippen molar-refractivity contribution in [3.05, 3.63) is 56.2 Å². The molecule has 0 aliphatic rings. The van der Waals surface area contributed by atoms with Crippen LogP contribution in [0.25, 0.3) is 0 Å². The fraction of sp³-hybridized carbons (Fsp3) is 0.312. The van der Waals surface area contributed by atoms with Crippen molar-refractivity contribution >= 4 is 40.4 Å². The van der Waals surface area contributed by atoms with Crippen LogP contribution >= 0.6 is 34.5 Å². The summed E-state index contributed by atoms with van der Waals surface area (Å²) in [4.78, 5) is 15.3. The number of benzene rings is 1. The molecule has 2 rings (SSSR count). The second kappa shape index (κ2) is 7.97. The van der Waals surface area contributed by atoms with Crippen LogP contribution in [0.5, 0.6) is 0 Å². The number of thiophene rings is 1. The Morgan fingerprint density at radius 2 is 2.14 bits per heavy atom. The SMILES string of the molecule is CC(C(=O)NCc1cccs1)N(C)Cc1ccc(Cl)cc1Cl. The first kappa shape index (κ1) is 17.3. The van der Waals surface area contributed by atoms with Gasteiger partial charge in [-0.3, -0.25) is 9.69 Å². The lowest BCUT2D eigenvalue weighted by molar-refractivity contribution is -0.125. The van der Waals surface area contributed by atoms with Crippen molar-refractivity contribution in [2.45, 2.75) is 26.1 Å². The van der Waals surface area contributed by atoms with E-state index in [4.69, 9.17) is 23.2 Å². The van der Waals surface area contributed by atoms with E-state index >= 15 is 0 Å². The number of carbonyl (C=O) groups excluding carboxylic acids is 1. The van der Waals surface area contributed by atoms with Crippen LogP contribution in [-0.4, -0.2) is 23.9 Å². The first-order valence-corrected chi connectivity index (χ1v) is 8.55. The Kier molecular flexibility index (Phi) is 6.26. The third-order valence-electron chi connectivity index (χ3n) is 3.49. The van der Waals surface area contributed by atoms with E-state index in [1.807, 2.05) is 42.5 Å². The number of likely N-dealkylation sites (N-methyl/N-ethyl adjacent to an activating group) is 1. The van der Waals surface area contributed by atoms with E-state index in [9.17, 15) is 4.79 Å². The molecule has 1 heterocycles. The van der Waals surface area contributed by atoms with E-state index in [-0.39, 0.29) is 11.9 Å². The second-order valence-electron chi connectivity index (χ2n) is 5.12. The molecule has 0 radical (unpaired) electrons. The van der Waals surface area contributed by atoms with E-state index in [0.717, 1.165) is 10.4 Å². The predicted octanol–water partition coefficient (Wildman–Crippen LogP) is 4.19. The largest absolute Gasteiger partial charge is 0.350 e. The minimum Gasteiger partial charge on any atom is -0.350 e. The topological polar surface area (TPSA) is 32.3 Å². The highest BCUT2D eigenvalue weighted by molar-refractivity contribution is 7.09. The maximum atomic E-state index is 12.2. The van der Waals surface area contributed by atoms with Crippen LogP contribution in [0.15, 0.2) is 35.7 Å². The van der Waals surface area contributed by atoms with Crippen molar-refractivity contribution in [1.29, 1.82) is 0 Å². The lowest BCUT2D eigenvalue weighted by Crippen LogP contribution is -2.42. The minimum atomic E-state index is -0.244. The fourth-order valence-corrected chi connectivity index (χ4v) is 3.10. The molecule has 1 amide bonds. The van der Waals surface area contributed by atoms with Crippen LogP contribution in [-0.2, 0) is 17.9 Å². The van der Waals surface area contributed by atoms with Gasteiger partial charge in [-0.25, -0.2) is 0 Å². The first-order valence-electron chi connectivity index (χ1n) is 6.91. The van der Waals surface area contributed by atoms with Crippen molar-refractivity contribution in [1.82, 2.24) is 10.2 Å². The Morgan fingerprint density at radius 1 is 1.36 bits per heavy atom. The lowest BCUT2D eigenvalue weighted by atomic mass is 10.2. The van der Waals surface area contributed by atoms with Gasteiger partial charge in [0.2, 0.25) is 5.91 Å². The number of carbonyl (C=O) groups is 1. The lowest BCUT2D eigenvalue weighted by Gasteiger charge is -2.24. The summed E-state index contributed by atoms with van der Waals surface area (Å²) < 4.78 is 0. The Morgan fingerprint density at radius 3 is 2.77 bits per heavy atom. The highest BCUT2D eigenvalue weighted by Crippen LogP contribution is 2.22. The molecule has 1 aromatic heterocycles. The second-order valence-corrected chi connectivity index (χ2v) is 7.00. The molecule has 0 saturated heterocycles. The summed E-state index contributed by atoms with van der Waals surface area (Å²) in [6.07, 6.45) is 0. The van der Waals surface area contributed by atoms with Crippen LogP contribution in [0.3, 0.4) is 0 Å². The molecule has 6 heteroatoms. The van der Waals surface area contributed by atoms with Gasteiger partial charge in [-0.05, 0) is 43.1 Å². The molecule has 0 aliphatic heterocycles. The quantitative estimate of drug-likeness (QED) is 0.841. The van der Waals surface area contributed by atoms with E-state index < -0.39 is 0 Å². The van der Waals surface area contributed by atoms with Gasteiger partial charge < -0.3 is 5.32 Å². The number of halogens is 2. The molecule has 0 fully saturated rings. The molecule has 2 aromatic rings. The molecule has 1 N–H and O–H groups in total. The zero-order valence-corrected chi connectivity index (χ0v) is 14.8. The van der Waals surface area contributed by atoms with Gasteiger partial charge >= 0.3 is 0 Å². The number of hydrogen-bond acceptors (Lipinski definition) is 3. The summed E-state index contributed by atoms with van der Waals surface area (Å²) in [5.41, 5.74) is 0.950. The zero-order chi connectivity index (χ0) is 16.1. The molecule has 118 valence electrons. The predicted molar refractivity (Wildman–Crippen MR) is 93.6 cm³/mol. The Bertz CT molecular complexity index is 631. The molecule has 0 saturated carbocycles. The molecular weight excluding hydrogens is 339 g/mol. The minimum absolute atomic E-state index is 0.000913. The highest BCUT2D eigenvalue weighted by Gasteiger charge is 2.18. The number of nitrogens with one attached hydrogen (secondary N) is 1. The van der Waals surface area contributed by atoms with Crippen LogP contribution in [0.2, 0.25) is 10.0 Å². The summed E-state index contributed by atoms with van der Waals surface area (Å²) in [7, 11) is 1.90. The van der Waals surface area contributed by atoms with Crippen molar-refractivity contribution in [3.8, 4) is 0 Å². The van der Waals surface area contributed by atoms with Crippen molar-refractivity contribution in [2.75, 3.05) is 7.05 Å². The summed E-state index contributed by atoms with van der Waals surface area (Å²) in [6, 6.07) is 9.15. The molecule has 1 atom stereocenters. The summed E-state index contributed by atoms with van der Waals surface area (Å²) >= 11 is 13.7. The molecule has 1 unspecified atom stereocenters. The summed E-state index contributed by atoms with van der Waals surface area (Å²) in [5.74, 6) is 0.000913. The molecule has 3 nitrogen and oxygen atoms in total. The standard InChI is InChI=1S/C16H18Cl2N2OS/c1-11(16(21)19-9-14-4-3-7-22-14)20(2)10-12-5-6-13(17)8-15(12)18/h3-8,11H,9-10H2,1-2H3,(H,19,21). The van der Waals surface area contributed by atoms with Crippen LogP contribution < -0.4 is 5.32 Å². The molecule has 0 bridgehead atoms. The van der Waals surface area contributed by atoms with E-state index in [0.29, 0.717) is 23.1 Å². The van der Waals surface area contributed by atoms with E-state index in [2.05, 4.69) is 5.32 Å². The van der Waals surface area contributed by atoms with Gasteiger partial charge in [-0.2, -0.15) is 0 Å². The van der Waals surface area contributed by atoms with Crippen LogP contribution in [0, 0.1) is 0 Å². The number of nitrogens with zero attached hydrogens (tertiary/aromatic N) is 1.